The fourth-order valence-electron chi connectivity index (χ4n) is 5.20. The van der Waals surface area contributed by atoms with E-state index in [0.29, 0.717) is 23.9 Å². The molecule has 0 bridgehead atoms. The molecular formula is C24H25FN4O. The number of hydrogen-bond donors (Lipinski definition) is 1. The molecule has 0 spiro atoms. The summed E-state index contributed by atoms with van der Waals surface area (Å²) in [6.45, 7) is 5.26. The molecule has 1 aromatic heterocycles. The van der Waals surface area contributed by atoms with E-state index < -0.39 is 0 Å². The molecule has 30 heavy (non-hydrogen) atoms. The van der Waals surface area contributed by atoms with Crippen LogP contribution in [0.3, 0.4) is 0 Å². The van der Waals surface area contributed by atoms with Crippen molar-refractivity contribution in [3.63, 3.8) is 0 Å². The van der Waals surface area contributed by atoms with Crippen LogP contribution in [0, 0.1) is 24.6 Å². The zero-order valence-electron chi connectivity index (χ0n) is 17.0. The van der Waals surface area contributed by atoms with E-state index in [1.54, 1.807) is 6.07 Å². The van der Waals surface area contributed by atoms with Crippen LogP contribution in [0.2, 0.25) is 0 Å². The number of amides is 1. The van der Waals surface area contributed by atoms with E-state index in [2.05, 4.69) is 27.2 Å². The predicted molar refractivity (Wildman–Crippen MR) is 112 cm³/mol. The summed E-state index contributed by atoms with van der Waals surface area (Å²) in [6.07, 6.45) is 3.80. The van der Waals surface area contributed by atoms with E-state index in [4.69, 9.17) is 0 Å². The van der Waals surface area contributed by atoms with Gasteiger partial charge in [0.1, 0.15) is 5.82 Å². The lowest BCUT2D eigenvalue weighted by molar-refractivity contribution is 0.0699. The number of nitrogens with one attached hydrogen (secondary N) is 1. The zero-order chi connectivity index (χ0) is 20.7. The molecule has 6 heteroatoms. The Bertz CT molecular complexity index is 1020. The van der Waals surface area contributed by atoms with Gasteiger partial charge in [0.05, 0.1) is 12.2 Å². The average molecular weight is 404 g/mol. The van der Waals surface area contributed by atoms with Crippen molar-refractivity contribution in [1.29, 1.82) is 0 Å². The molecular weight excluding hydrogens is 379 g/mol. The van der Waals surface area contributed by atoms with E-state index in [1.165, 1.54) is 17.7 Å². The first kappa shape index (κ1) is 19.0. The van der Waals surface area contributed by atoms with Crippen molar-refractivity contribution in [2.75, 3.05) is 19.6 Å². The van der Waals surface area contributed by atoms with Crippen molar-refractivity contribution in [2.45, 2.75) is 19.5 Å². The van der Waals surface area contributed by atoms with Crippen LogP contribution in [-0.4, -0.2) is 45.5 Å². The number of likely N-dealkylation sites (tertiary alicyclic amines) is 2. The van der Waals surface area contributed by atoms with E-state index >= 15 is 0 Å². The number of aromatic amines is 1. The summed E-state index contributed by atoms with van der Waals surface area (Å²) in [5.74, 6) is 0.321. The average Bonchev–Trinajstić information content (AvgIpc) is 3.44. The molecule has 2 saturated heterocycles. The normalized spacial score (nSPS) is 23.7. The highest BCUT2D eigenvalue weighted by Gasteiger charge is 2.49. The summed E-state index contributed by atoms with van der Waals surface area (Å²) < 4.78 is 14.0. The zero-order valence-corrected chi connectivity index (χ0v) is 17.0. The van der Waals surface area contributed by atoms with Gasteiger partial charge in [0.2, 0.25) is 0 Å². The molecule has 0 saturated carbocycles. The second-order valence-corrected chi connectivity index (χ2v) is 8.55. The maximum Gasteiger partial charge on any atom is 0.254 e. The van der Waals surface area contributed by atoms with Crippen LogP contribution in [0.5, 0.6) is 0 Å². The predicted octanol–water partition coefficient (Wildman–Crippen LogP) is 3.80. The number of fused-ring (bicyclic) bond motifs is 1. The standard InChI is InChI=1S/C24H25FN4O/c1-16-7-19(9-21(25)8-16)24(30)29-14-20-13-28(12-17-10-26-27-11-17)15-22(20)23(29)18-5-3-2-4-6-18/h2-11,20,22-23H,12-15H2,1H3,(H,26,27)/t20-,22-,23+/m0/s1. The third-order valence-electron chi connectivity index (χ3n) is 6.39. The number of hydrogen-bond acceptors (Lipinski definition) is 3. The van der Waals surface area contributed by atoms with Crippen LogP contribution in [0.15, 0.2) is 60.9 Å². The fraction of sp³-hybridized carbons (Fsp3) is 0.333. The first-order valence-electron chi connectivity index (χ1n) is 10.4. The molecule has 0 aliphatic carbocycles. The molecule has 154 valence electrons. The number of H-pyrrole nitrogens is 1. The Balaban J connectivity index is 1.43. The SMILES string of the molecule is Cc1cc(F)cc(C(=O)N2C[C@@H]3CN(Cc4cn[nH]c4)C[C@@H]3[C@H]2c2ccccc2)c1. The van der Waals surface area contributed by atoms with Crippen LogP contribution < -0.4 is 0 Å². The molecule has 1 amide bonds. The number of aryl methyl sites for hydroxylation is 1. The molecule has 2 aromatic carbocycles. The first-order chi connectivity index (χ1) is 14.6. The second-order valence-electron chi connectivity index (χ2n) is 8.55. The molecule has 2 fully saturated rings. The van der Waals surface area contributed by atoms with E-state index in [-0.39, 0.29) is 17.8 Å². The topological polar surface area (TPSA) is 52.2 Å². The molecule has 3 aromatic rings. The maximum atomic E-state index is 14.0. The van der Waals surface area contributed by atoms with Gasteiger partial charge in [-0.05, 0) is 42.2 Å². The summed E-state index contributed by atoms with van der Waals surface area (Å²) in [5.41, 5.74) is 3.52. The monoisotopic (exact) mass is 404 g/mol. The Hall–Kier alpha value is -2.99. The van der Waals surface area contributed by atoms with Gasteiger partial charge in [-0.25, -0.2) is 4.39 Å². The van der Waals surface area contributed by atoms with E-state index in [1.807, 2.05) is 42.4 Å². The quantitative estimate of drug-likeness (QED) is 0.720. The second kappa shape index (κ2) is 7.69. The lowest BCUT2D eigenvalue weighted by atomic mass is 9.89. The van der Waals surface area contributed by atoms with Crippen LogP contribution >= 0.6 is 0 Å². The molecule has 1 N–H and O–H groups in total. The summed E-state index contributed by atoms with van der Waals surface area (Å²) in [5, 5.41) is 6.92. The van der Waals surface area contributed by atoms with Gasteiger partial charge >= 0.3 is 0 Å². The van der Waals surface area contributed by atoms with E-state index in [9.17, 15) is 9.18 Å². The Kier molecular flexibility index (Phi) is 4.87. The summed E-state index contributed by atoms with van der Waals surface area (Å²) >= 11 is 0. The smallest absolute Gasteiger partial charge is 0.254 e. The molecule has 0 unspecified atom stereocenters. The molecule has 3 heterocycles. The van der Waals surface area contributed by atoms with Crippen molar-refractivity contribution in [3.8, 4) is 0 Å². The van der Waals surface area contributed by atoms with Crippen LogP contribution in [-0.2, 0) is 6.54 Å². The Morgan fingerprint density at radius 2 is 2.00 bits per heavy atom. The van der Waals surface area contributed by atoms with Gasteiger partial charge < -0.3 is 4.90 Å². The number of benzene rings is 2. The Labute approximate surface area is 175 Å². The highest BCUT2D eigenvalue weighted by molar-refractivity contribution is 5.95. The van der Waals surface area contributed by atoms with Crippen molar-refractivity contribution < 1.29 is 9.18 Å². The number of rotatable bonds is 4. The fourth-order valence-corrected chi connectivity index (χ4v) is 5.20. The number of halogens is 1. The lowest BCUT2D eigenvalue weighted by Gasteiger charge is -2.30. The largest absolute Gasteiger partial charge is 0.331 e. The van der Waals surface area contributed by atoms with Gasteiger partial charge in [0.15, 0.2) is 0 Å². The van der Waals surface area contributed by atoms with Gasteiger partial charge in [0.25, 0.3) is 5.91 Å². The molecule has 5 nitrogen and oxygen atoms in total. The molecule has 2 aliphatic heterocycles. The maximum absolute atomic E-state index is 14.0. The number of aromatic nitrogens is 2. The minimum absolute atomic E-state index is 0.00150. The van der Waals surface area contributed by atoms with Crippen molar-refractivity contribution in [1.82, 2.24) is 20.0 Å². The van der Waals surface area contributed by atoms with E-state index in [0.717, 1.165) is 30.8 Å². The molecule has 5 rings (SSSR count). The summed E-state index contributed by atoms with van der Waals surface area (Å²) in [7, 11) is 0. The number of carbonyl (C=O) groups excluding carboxylic acids is 1. The summed E-state index contributed by atoms with van der Waals surface area (Å²) in [4.78, 5) is 17.9. The van der Waals surface area contributed by atoms with Crippen LogP contribution in [0.1, 0.15) is 33.1 Å². The van der Waals surface area contributed by atoms with Crippen LogP contribution in [0.25, 0.3) is 0 Å². The Morgan fingerprint density at radius 3 is 2.73 bits per heavy atom. The molecule has 3 atom stereocenters. The van der Waals surface area contributed by atoms with Crippen molar-refractivity contribution in [3.05, 3.63) is 89.0 Å². The number of carbonyl (C=O) groups is 1. The highest BCUT2D eigenvalue weighted by Crippen LogP contribution is 2.45. The van der Waals surface area contributed by atoms with Gasteiger partial charge in [0, 0.05) is 49.4 Å². The highest BCUT2D eigenvalue weighted by atomic mass is 19.1. The van der Waals surface area contributed by atoms with Gasteiger partial charge in [-0.15, -0.1) is 0 Å². The molecule has 2 aliphatic rings. The van der Waals surface area contributed by atoms with Crippen LogP contribution in [0.4, 0.5) is 4.39 Å². The van der Waals surface area contributed by atoms with Crippen molar-refractivity contribution >= 4 is 5.91 Å². The third-order valence-corrected chi connectivity index (χ3v) is 6.39. The van der Waals surface area contributed by atoms with Gasteiger partial charge in [-0.1, -0.05) is 30.3 Å². The minimum Gasteiger partial charge on any atom is -0.331 e. The Morgan fingerprint density at radius 1 is 1.17 bits per heavy atom. The lowest BCUT2D eigenvalue weighted by Crippen LogP contribution is -2.35. The third kappa shape index (κ3) is 3.52. The first-order valence-corrected chi connectivity index (χ1v) is 10.4. The minimum atomic E-state index is -0.361. The summed E-state index contributed by atoms with van der Waals surface area (Å²) in [6, 6.07) is 14.8. The van der Waals surface area contributed by atoms with Gasteiger partial charge in [-0.3, -0.25) is 14.8 Å². The molecule has 0 radical (unpaired) electrons. The van der Waals surface area contributed by atoms with Crippen molar-refractivity contribution in [2.24, 2.45) is 11.8 Å². The number of nitrogens with zero attached hydrogens (tertiary/aromatic N) is 3. The van der Waals surface area contributed by atoms with Gasteiger partial charge in [-0.2, -0.15) is 5.10 Å².